The van der Waals surface area contributed by atoms with Crippen molar-refractivity contribution in [3.63, 3.8) is 0 Å². The molecule has 1 N–H and O–H groups in total. The molecule has 0 fully saturated rings. The van der Waals surface area contributed by atoms with Crippen LogP contribution >= 0.6 is 0 Å². The molecule has 0 amide bonds. The molecule has 0 aliphatic heterocycles. The van der Waals surface area contributed by atoms with E-state index >= 15 is 0 Å². The van der Waals surface area contributed by atoms with Gasteiger partial charge in [-0.2, -0.15) is 0 Å². The zero-order chi connectivity index (χ0) is 16.9. The van der Waals surface area contributed by atoms with E-state index in [-0.39, 0.29) is 5.78 Å². The third-order valence-electron chi connectivity index (χ3n) is 4.21. The fourth-order valence-corrected chi connectivity index (χ4v) is 2.92. The Morgan fingerprint density at radius 2 is 2.00 bits per heavy atom. The highest BCUT2D eigenvalue weighted by molar-refractivity contribution is 6.09. The lowest BCUT2D eigenvalue weighted by molar-refractivity contribution is 0.0993. The van der Waals surface area contributed by atoms with Crippen LogP contribution in [-0.2, 0) is 13.5 Å². The molecule has 0 spiro atoms. The van der Waals surface area contributed by atoms with Gasteiger partial charge in [-0.1, -0.05) is 30.3 Å². The minimum atomic E-state index is 0.123. The highest BCUT2D eigenvalue weighted by atomic mass is 16.5. The first-order chi connectivity index (χ1) is 11.7. The topological polar surface area (TPSA) is 43.3 Å². The van der Waals surface area contributed by atoms with Crippen molar-refractivity contribution in [2.24, 2.45) is 7.05 Å². The number of fused-ring (bicyclic) bond motifs is 1. The number of nitrogens with one attached hydrogen (secondary N) is 1. The maximum atomic E-state index is 12.5. The molecule has 0 aliphatic carbocycles. The van der Waals surface area contributed by atoms with Gasteiger partial charge in [-0.15, -0.1) is 0 Å². The molecule has 0 saturated heterocycles. The number of rotatable bonds is 7. The summed E-state index contributed by atoms with van der Waals surface area (Å²) >= 11 is 0. The summed E-state index contributed by atoms with van der Waals surface area (Å²) in [5.41, 5.74) is 3.05. The van der Waals surface area contributed by atoms with E-state index in [0.29, 0.717) is 6.54 Å². The number of hydrogen-bond acceptors (Lipinski definition) is 3. The quantitative estimate of drug-likeness (QED) is 0.536. The Hall–Kier alpha value is -2.59. The number of nitrogens with zero attached hydrogens (tertiary/aromatic N) is 1. The number of methoxy groups -OCH3 is 1. The lowest BCUT2D eigenvalue weighted by Gasteiger charge is -2.06. The van der Waals surface area contributed by atoms with Crippen LogP contribution in [0.5, 0.6) is 5.75 Å². The molecule has 3 rings (SSSR count). The molecule has 0 atom stereocenters. The predicted octanol–water partition coefficient (Wildman–Crippen LogP) is 3.20. The second kappa shape index (κ2) is 7.32. The molecule has 3 aromatic rings. The lowest BCUT2D eigenvalue weighted by Crippen LogP contribution is -2.25. The van der Waals surface area contributed by atoms with Crippen LogP contribution in [-0.4, -0.2) is 30.5 Å². The minimum Gasteiger partial charge on any atom is -0.497 e. The first-order valence-electron chi connectivity index (χ1n) is 8.10. The first kappa shape index (κ1) is 16.3. The van der Waals surface area contributed by atoms with E-state index in [4.69, 9.17) is 4.74 Å². The van der Waals surface area contributed by atoms with E-state index < -0.39 is 0 Å². The van der Waals surface area contributed by atoms with Crippen LogP contribution in [0.15, 0.2) is 54.7 Å². The van der Waals surface area contributed by atoms with E-state index in [1.54, 1.807) is 7.11 Å². The molecular formula is C20H22N2O2. The zero-order valence-corrected chi connectivity index (χ0v) is 14.1. The molecule has 24 heavy (non-hydrogen) atoms. The summed E-state index contributed by atoms with van der Waals surface area (Å²) in [4.78, 5) is 12.5. The number of carbonyl (C=O) groups is 1. The second-order valence-electron chi connectivity index (χ2n) is 5.87. The van der Waals surface area contributed by atoms with E-state index in [1.165, 1.54) is 5.56 Å². The normalized spacial score (nSPS) is 10.9. The summed E-state index contributed by atoms with van der Waals surface area (Å²) < 4.78 is 7.22. The maximum absolute atomic E-state index is 12.5. The number of aryl methyl sites for hydroxylation is 1. The summed E-state index contributed by atoms with van der Waals surface area (Å²) in [6, 6.07) is 16.0. The Morgan fingerprint density at radius 3 is 2.83 bits per heavy atom. The maximum Gasteiger partial charge on any atom is 0.178 e. The van der Waals surface area contributed by atoms with Crippen molar-refractivity contribution < 1.29 is 9.53 Å². The monoisotopic (exact) mass is 322 g/mol. The van der Waals surface area contributed by atoms with Crippen LogP contribution in [0.25, 0.3) is 10.9 Å². The Kier molecular flexibility index (Phi) is 4.96. The van der Waals surface area contributed by atoms with Crippen molar-refractivity contribution in [3.8, 4) is 5.75 Å². The van der Waals surface area contributed by atoms with E-state index in [2.05, 4.69) is 11.4 Å². The van der Waals surface area contributed by atoms with E-state index in [1.807, 2.05) is 60.3 Å². The third kappa shape index (κ3) is 3.49. The molecular weight excluding hydrogens is 300 g/mol. The van der Waals surface area contributed by atoms with Gasteiger partial charge >= 0.3 is 0 Å². The zero-order valence-electron chi connectivity index (χ0n) is 14.1. The summed E-state index contributed by atoms with van der Waals surface area (Å²) in [7, 11) is 3.63. The highest BCUT2D eigenvalue weighted by Crippen LogP contribution is 2.20. The molecule has 124 valence electrons. The molecule has 1 aromatic heterocycles. The molecule has 1 heterocycles. The second-order valence-corrected chi connectivity index (χ2v) is 5.87. The van der Waals surface area contributed by atoms with Crippen molar-refractivity contribution in [1.82, 2.24) is 9.88 Å². The van der Waals surface area contributed by atoms with Gasteiger partial charge in [-0.05, 0) is 36.7 Å². The molecule has 0 saturated carbocycles. The average Bonchev–Trinajstić information content (AvgIpc) is 2.96. The Labute approximate surface area is 142 Å². The molecule has 4 nitrogen and oxygen atoms in total. The van der Waals surface area contributed by atoms with Crippen LogP contribution < -0.4 is 10.1 Å². The van der Waals surface area contributed by atoms with Gasteiger partial charge in [0.05, 0.1) is 13.7 Å². The van der Waals surface area contributed by atoms with Crippen molar-refractivity contribution in [1.29, 1.82) is 0 Å². The molecule has 0 unspecified atom stereocenters. The van der Waals surface area contributed by atoms with E-state index in [0.717, 1.165) is 35.2 Å². The van der Waals surface area contributed by atoms with Gasteiger partial charge in [0.1, 0.15) is 5.75 Å². The van der Waals surface area contributed by atoms with Crippen LogP contribution in [0.2, 0.25) is 0 Å². The average molecular weight is 322 g/mol. The highest BCUT2D eigenvalue weighted by Gasteiger charge is 2.12. The third-order valence-corrected chi connectivity index (χ3v) is 4.21. The fraction of sp³-hybridized carbons (Fsp3) is 0.250. The smallest absolute Gasteiger partial charge is 0.178 e. The standard InChI is InChI=1S/C20H22N2O2/c1-22-14-18(17-8-3-4-9-19(17)22)20(23)13-21-11-10-15-6-5-7-16(12-15)24-2/h3-9,12,14,21H,10-11,13H2,1-2H3. The Morgan fingerprint density at radius 1 is 1.17 bits per heavy atom. The van der Waals surface area contributed by atoms with Crippen LogP contribution in [0.1, 0.15) is 15.9 Å². The van der Waals surface area contributed by atoms with Crippen LogP contribution in [0, 0.1) is 0 Å². The SMILES string of the molecule is COc1cccc(CCNCC(=O)c2cn(C)c3ccccc23)c1. The predicted molar refractivity (Wildman–Crippen MR) is 96.8 cm³/mol. The van der Waals surface area contributed by atoms with Gasteiger partial charge in [0.25, 0.3) is 0 Å². The van der Waals surface area contributed by atoms with Gasteiger partial charge in [0, 0.05) is 29.7 Å². The summed E-state index contributed by atoms with van der Waals surface area (Å²) in [5.74, 6) is 0.983. The number of ketones is 1. The lowest BCUT2D eigenvalue weighted by atomic mass is 10.1. The molecule has 2 aromatic carbocycles. The van der Waals surface area contributed by atoms with Crippen molar-refractivity contribution >= 4 is 16.7 Å². The van der Waals surface area contributed by atoms with Crippen molar-refractivity contribution in [2.75, 3.05) is 20.2 Å². The number of ether oxygens (including phenoxy) is 1. The molecule has 0 aliphatic rings. The largest absolute Gasteiger partial charge is 0.497 e. The van der Waals surface area contributed by atoms with Crippen LogP contribution in [0.4, 0.5) is 0 Å². The summed E-state index contributed by atoms with van der Waals surface area (Å²) in [6.07, 6.45) is 2.77. The Balaban J connectivity index is 1.57. The number of hydrogen-bond donors (Lipinski definition) is 1. The van der Waals surface area contributed by atoms with Gasteiger partial charge in [-0.3, -0.25) is 4.79 Å². The molecule has 0 bridgehead atoms. The number of para-hydroxylation sites is 1. The summed E-state index contributed by atoms with van der Waals surface area (Å²) in [5, 5.41) is 4.26. The number of benzene rings is 2. The fourth-order valence-electron chi connectivity index (χ4n) is 2.92. The number of Topliss-reactive ketones (excluding diaryl/α,β-unsaturated/α-hetero) is 1. The molecule has 4 heteroatoms. The Bertz CT molecular complexity index is 852. The van der Waals surface area contributed by atoms with E-state index in [9.17, 15) is 4.79 Å². The van der Waals surface area contributed by atoms with Gasteiger partial charge in [0.15, 0.2) is 5.78 Å². The first-order valence-corrected chi connectivity index (χ1v) is 8.10. The van der Waals surface area contributed by atoms with Crippen molar-refractivity contribution in [3.05, 3.63) is 65.9 Å². The number of carbonyl (C=O) groups excluding carboxylic acids is 1. The summed E-state index contributed by atoms with van der Waals surface area (Å²) in [6.45, 7) is 1.10. The number of aromatic nitrogens is 1. The van der Waals surface area contributed by atoms with Gasteiger partial charge < -0.3 is 14.6 Å². The molecule has 0 radical (unpaired) electrons. The van der Waals surface area contributed by atoms with Gasteiger partial charge in [0.2, 0.25) is 0 Å². The van der Waals surface area contributed by atoms with Gasteiger partial charge in [-0.25, -0.2) is 0 Å². The van der Waals surface area contributed by atoms with Crippen LogP contribution in [0.3, 0.4) is 0 Å². The van der Waals surface area contributed by atoms with Crippen molar-refractivity contribution in [2.45, 2.75) is 6.42 Å². The minimum absolute atomic E-state index is 0.123.